The number of fused-ring (bicyclic) bond motifs is 6. The molecule has 0 unspecified atom stereocenters. The molecule has 0 aliphatic heterocycles. The van der Waals surface area contributed by atoms with E-state index in [0.29, 0.717) is 0 Å². The van der Waals surface area contributed by atoms with Gasteiger partial charge in [0.2, 0.25) is 0 Å². The van der Waals surface area contributed by atoms with Gasteiger partial charge in [0.15, 0.2) is 0 Å². The van der Waals surface area contributed by atoms with E-state index in [9.17, 15) is 0 Å². The number of hydrogen-bond donors (Lipinski definition) is 0. The minimum absolute atomic E-state index is 0.192. The maximum absolute atomic E-state index is 6.46. The van der Waals surface area contributed by atoms with Crippen molar-refractivity contribution in [2.45, 2.75) is 37.5 Å². The summed E-state index contributed by atoms with van der Waals surface area (Å²) in [4.78, 5) is 0. The molecule has 36 heavy (non-hydrogen) atoms. The molecule has 1 aromatic heterocycles. The van der Waals surface area contributed by atoms with Gasteiger partial charge in [-0.3, -0.25) is 0 Å². The second-order valence-electron chi connectivity index (χ2n) is 12.0. The molecular weight excluding hydrogens is 458 g/mol. The Morgan fingerprint density at radius 3 is 2.14 bits per heavy atom. The van der Waals surface area contributed by atoms with Gasteiger partial charge >= 0.3 is 0 Å². The van der Waals surface area contributed by atoms with Gasteiger partial charge in [-0.2, -0.15) is 0 Å². The topological polar surface area (TPSA) is 4.93 Å². The molecule has 0 saturated heterocycles. The lowest BCUT2D eigenvalue weighted by Crippen LogP contribution is -2.55. The standard InChI is InChI=1S/C34H28ClN/c35-24-9-12-33-29(18-24)28-6-2-4-8-32(28)36(33)25-10-11-27-26-5-1-3-7-30(26)34(31(27)19-25)22-14-20-13-21(16-22)17-23(34)15-20/h1-12,18-23H,13-17H2. The average molecular weight is 486 g/mol. The van der Waals surface area contributed by atoms with Crippen molar-refractivity contribution in [2.24, 2.45) is 23.7 Å². The van der Waals surface area contributed by atoms with Gasteiger partial charge in [-0.25, -0.2) is 0 Å². The van der Waals surface area contributed by atoms with E-state index in [4.69, 9.17) is 11.6 Å². The highest BCUT2D eigenvalue weighted by Gasteiger charge is 2.61. The van der Waals surface area contributed by atoms with Crippen LogP contribution in [0.3, 0.4) is 0 Å². The van der Waals surface area contributed by atoms with Gasteiger partial charge < -0.3 is 4.57 Å². The van der Waals surface area contributed by atoms with E-state index in [1.54, 1.807) is 11.1 Å². The Morgan fingerprint density at radius 1 is 0.611 bits per heavy atom. The molecule has 4 fully saturated rings. The van der Waals surface area contributed by atoms with Crippen molar-refractivity contribution < 1.29 is 0 Å². The Kier molecular flexibility index (Phi) is 3.81. The molecule has 1 nitrogen and oxygen atoms in total. The van der Waals surface area contributed by atoms with Crippen molar-refractivity contribution in [1.29, 1.82) is 0 Å². The first kappa shape index (κ1) is 20.1. The lowest BCUT2D eigenvalue weighted by Gasteiger charge is -2.61. The molecule has 0 radical (unpaired) electrons. The Labute approximate surface area is 216 Å². The van der Waals surface area contributed by atoms with Crippen molar-refractivity contribution in [2.75, 3.05) is 0 Å². The van der Waals surface area contributed by atoms with E-state index in [-0.39, 0.29) is 5.41 Å². The molecule has 5 aliphatic rings. The highest BCUT2D eigenvalue weighted by Crippen LogP contribution is 2.69. The van der Waals surface area contributed by atoms with Crippen molar-refractivity contribution in [3.05, 3.63) is 101 Å². The minimum Gasteiger partial charge on any atom is -0.309 e. The molecular formula is C34H28ClN. The predicted molar refractivity (Wildman–Crippen MR) is 149 cm³/mol. The van der Waals surface area contributed by atoms with Crippen LogP contribution in [-0.2, 0) is 5.41 Å². The van der Waals surface area contributed by atoms with E-state index in [1.165, 1.54) is 70.7 Å². The maximum atomic E-state index is 6.46. The smallest absolute Gasteiger partial charge is 0.0542 e. The zero-order valence-corrected chi connectivity index (χ0v) is 21.0. The fourth-order valence-electron chi connectivity index (χ4n) is 9.50. The summed E-state index contributed by atoms with van der Waals surface area (Å²) < 4.78 is 2.47. The van der Waals surface area contributed by atoms with Crippen molar-refractivity contribution >= 4 is 33.4 Å². The largest absolute Gasteiger partial charge is 0.309 e. The Bertz CT molecular complexity index is 1690. The van der Waals surface area contributed by atoms with Crippen LogP contribution in [0.15, 0.2) is 84.9 Å². The SMILES string of the molecule is Clc1ccc2c(c1)c1ccccc1n2-c1ccc2c(c1)C1(c3ccccc3-2)C2CC3CC(C2)CC1C3. The molecule has 2 heteroatoms. The second-order valence-corrected chi connectivity index (χ2v) is 12.4. The normalized spacial score (nSPS) is 29.4. The highest BCUT2D eigenvalue weighted by molar-refractivity contribution is 6.32. The predicted octanol–water partition coefficient (Wildman–Crippen LogP) is 9.16. The second kappa shape index (κ2) is 6.84. The van der Waals surface area contributed by atoms with Gasteiger partial charge in [-0.15, -0.1) is 0 Å². The molecule has 176 valence electrons. The molecule has 0 amide bonds. The van der Waals surface area contributed by atoms with Gasteiger partial charge in [-0.05, 0) is 114 Å². The van der Waals surface area contributed by atoms with Crippen LogP contribution in [0.25, 0.3) is 38.6 Å². The Balaban J connectivity index is 1.34. The zero-order valence-electron chi connectivity index (χ0n) is 20.3. The van der Waals surface area contributed by atoms with Crippen LogP contribution in [-0.4, -0.2) is 4.57 Å². The van der Waals surface area contributed by atoms with Crippen LogP contribution in [0.5, 0.6) is 0 Å². The summed E-state index contributed by atoms with van der Waals surface area (Å²) in [5.41, 5.74) is 10.2. The molecule has 5 aromatic rings. The summed E-state index contributed by atoms with van der Waals surface area (Å²) in [6, 6.07) is 31.9. The van der Waals surface area contributed by atoms with Crippen LogP contribution < -0.4 is 0 Å². The third-order valence-corrected chi connectivity index (χ3v) is 10.7. The van der Waals surface area contributed by atoms with E-state index in [0.717, 1.165) is 28.7 Å². The number of aromatic nitrogens is 1. The van der Waals surface area contributed by atoms with Gasteiger partial charge in [0.1, 0.15) is 0 Å². The van der Waals surface area contributed by atoms with Gasteiger partial charge in [0.05, 0.1) is 11.0 Å². The highest BCUT2D eigenvalue weighted by atomic mass is 35.5. The quantitative estimate of drug-likeness (QED) is 0.223. The van der Waals surface area contributed by atoms with E-state index < -0.39 is 0 Å². The summed E-state index contributed by atoms with van der Waals surface area (Å²) in [5.74, 6) is 3.48. The van der Waals surface area contributed by atoms with Crippen LogP contribution in [0, 0.1) is 23.7 Å². The molecule has 0 N–H and O–H groups in total. The zero-order chi connectivity index (χ0) is 23.6. The Hall–Kier alpha value is -3.03. The molecule has 1 heterocycles. The first-order valence-corrected chi connectivity index (χ1v) is 14.0. The van der Waals surface area contributed by atoms with Crippen molar-refractivity contribution in [1.82, 2.24) is 4.57 Å². The summed E-state index contributed by atoms with van der Waals surface area (Å²) in [5, 5.41) is 3.29. The van der Waals surface area contributed by atoms with Crippen LogP contribution >= 0.6 is 11.6 Å². The number of hydrogen-bond acceptors (Lipinski definition) is 0. The third-order valence-electron chi connectivity index (χ3n) is 10.4. The number of nitrogens with zero attached hydrogens (tertiary/aromatic N) is 1. The molecule has 0 atom stereocenters. The van der Waals surface area contributed by atoms with Crippen molar-refractivity contribution in [3.63, 3.8) is 0 Å². The lowest BCUT2D eigenvalue weighted by atomic mass is 9.43. The van der Waals surface area contributed by atoms with Gasteiger partial charge in [0, 0.05) is 26.9 Å². The van der Waals surface area contributed by atoms with E-state index in [2.05, 4.69) is 83.4 Å². The summed E-state index contributed by atoms with van der Waals surface area (Å²) >= 11 is 6.46. The first-order valence-electron chi connectivity index (χ1n) is 13.7. The van der Waals surface area contributed by atoms with Crippen LogP contribution in [0.4, 0.5) is 0 Å². The number of halogens is 1. The third kappa shape index (κ3) is 2.34. The summed E-state index contributed by atoms with van der Waals surface area (Å²) in [6.45, 7) is 0. The van der Waals surface area contributed by atoms with Gasteiger partial charge in [-0.1, -0.05) is 60.1 Å². The molecule has 1 spiro atoms. The number of rotatable bonds is 1. The first-order chi connectivity index (χ1) is 17.7. The van der Waals surface area contributed by atoms with Gasteiger partial charge in [0.25, 0.3) is 0 Å². The van der Waals surface area contributed by atoms with E-state index >= 15 is 0 Å². The fraction of sp³-hybridized carbons (Fsp3) is 0.294. The number of para-hydroxylation sites is 1. The minimum atomic E-state index is 0.192. The fourth-order valence-corrected chi connectivity index (χ4v) is 9.67. The van der Waals surface area contributed by atoms with Crippen molar-refractivity contribution in [3.8, 4) is 16.8 Å². The number of benzene rings is 4. The average Bonchev–Trinajstić information content (AvgIpc) is 3.37. The summed E-state index contributed by atoms with van der Waals surface area (Å²) in [7, 11) is 0. The van der Waals surface area contributed by atoms with Crippen LogP contribution in [0.2, 0.25) is 5.02 Å². The maximum Gasteiger partial charge on any atom is 0.0542 e. The molecule has 5 aliphatic carbocycles. The summed E-state index contributed by atoms with van der Waals surface area (Å²) in [6.07, 6.45) is 7.15. The molecule has 4 bridgehead atoms. The van der Waals surface area contributed by atoms with E-state index in [1.807, 2.05) is 6.07 Å². The molecule has 10 rings (SSSR count). The van der Waals surface area contributed by atoms with Crippen LogP contribution in [0.1, 0.15) is 43.2 Å². The molecule has 4 aromatic carbocycles. The monoisotopic (exact) mass is 485 g/mol. The lowest BCUT2D eigenvalue weighted by molar-refractivity contribution is -0.0399. The Morgan fingerprint density at radius 2 is 1.31 bits per heavy atom. The molecule has 4 saturated carbocycles.